The number of fused-ring (bicyclic) bond motifs is 4. The Bertz CT molecular complexity index is 1750. The molecule has 232 valence electrons. The fourth-order valence-corrected chi connectivity index (χ4v) is 5.51. The number of ether oxygens (including phenoxy) is 3. The number of anilines is 2. The zero-order valence-electron chi connectivity index (χ0n) is 25.6. The van der Waals surface area contributed by atoms with E-state index in [-0.39, 0.29) is 29.6 Å². The highest BCUT2D eigenvalue weighted by Gasteiger charge is 2.57. The lowest BCUT2D eigenvalue weighted by atomic mass is 10.1. The van der Waals surface area contributed by atoms with Gasteiger partial charge in [0.15, 0.2) is 5.75 Å². The Morgan fingerprint density at radius 3 is 2.25 bits per heavy atom. The first-order valence-corrected chi connectivity index (χ1v) is 14.4. The number of amides is 2. The van der Waals surface area contributed by atoms with E-state index in [1.165, 1.54) is 24.5 Å². The van der Waals surface area contributed by atoms with Gasteiger partial charge in [-0.3, -0.25) is 5.32 Å². The van der Waals surface area contributed by atoms with E-state index < -0.39 is 29.2 Å². The van der Waals surface area contributed by atoms with Crippen LogP contribution < -0.4 is 20.3 Å². The minimum atomic E-state index is -0.742. The van der Waals surface area contributed by atoms with Crippen molar-refractivity contribution >= 4 is 45.6 Å². The molecular formula is C30H35FN8O5. The molecular weight excluding hydrogens is 571 g/mol. The van der Waals surface area contributed by atoms with Crippen LogP contribution in [0.1, 0.15) is 47.4 Å². The van der Waals surface area contributed by atoms with Crippen molar-refractivity contribution in [1.82, 2.24) is 30.2 Å². The van der Waals surface area contributed by atoms with Gasteiger partial charge in [0.05, 0.1) is 29.0 Å². The molecule has 13 nitrogen and oxygen atoms in total. The van der Waals surface area contributed by atoms with E-state index >= 15 is 4.39 Å². The van der Waals surface area contributed by atoms with Crippen molar-refractivity contribution in [3.8, 4) is 11.8 Å². The second-order valence-electron chi connectivity index (χ2n) is 13.2. The third-order valence-corrected chi connectivity index (χ3v) is 7.26. The number of alkyl carbamates (subject to hydrolysis) is 1. The van der Waals surface area contributed by atoms with Crippen LogP contribution in [0.2, 0.25) is 0 Å². The topological polar surface area (TPSA) is 156 Å². The number of aromatic amines is 1. The van der Waals surface area contributed by atoms with Crippen molar-refractivity contribution in [2.45, 2.75) is 65.7 Å². The summed E-state index contributed by atoms with van der Waals surface area (Å²) in [5.41, 5.74) is -0.303. The first kappa shape index (κ1) is 29.3. The lowest BCUT2D eigenvalue weighted by Gasteiger charge is -2.24. The lowest BCUT2D eigenvalue weighted by molar-refractivity contribution is 0.0517. The van der Waals surface area contributed by atoms with Gasteiger partial charge in [0.1, 0.15) is 34.3 Å². The molecule has 44 heavy (non-hydrogen) atoms. The Morgan fingerprint density at radius 1 is 0.977 bits per heavy atom. The van der Waals surface area contributed by atoms with Crippen molar-refractivity contribution in [2.24, 2.45) is 11.8 Å². The number of hydrogen-bond acceptors (Lipinski definition) is 10. The first-order valence-electron chi connectivity index (χ1n) is 14.4. The summed E-state index contributed by atoms with van der Waals surface area (Å²) in [6.45, 7) is 13.6. The van der Waals surface area contributed by atoms with Gasteiger partial charge in [0.25, 0.3) is 0 Å². The largest absolute Gasteiger partial charge is 0.444 e. The number of aryl methyl sites for hydroxylation is 1. The second-order valence-corrected chi connectivity index (χ2v) is 13.2. The highest BCUT2D eigenvalue weighted by Crippen LogP contribution is 2.48. The van der Waals surface area contributed by atoms with Crippen molar-refractivity contribution in [1.29, 1.82) is 0 Å². The standard InChI is InChI=1S/C30H35FN8O5/c1-14-32-10-16(11-33-14)42-26-37-24-21(17-8-15(31)9-20(23(17)35-24)34-27(40)43-29(2,3)4)25(38-26)39-12-18-19(13-39)22(18)36-28(41)44-30(5,6)7/h8-11,18-19,22H,12-13H2,1-7H3,(H,34,40)(H,36,41)(H,35,37,38)/t18-,19+,22+. The molecule has 2 aliphatic rings. The van der Waals surface area contributed by atoms with Crippen LogP contribution >= 0.6 is 0 Å². The summed E-state index contributed by atoms with van der Waals surface area (Å²) in [6.07, 6.45) is 1.88. The van der Waals surface area contributed by atoms with Crippen LogP contribution in [0.4, 0.5) is 25.5 Å². The van der Waals surface area contributed by atoms with Gasteiger partial charge in [-0.1, -0.05) is 0 Å². The van der Waals surface area contributed by atoms with Gasteiger partial charge in [0, 0.05) is 36.4 Å². The van der Waals surface area contributed by atoms with Crippen LogP contribution in [0.25, 0.3) is 21.9 Å². The smallest absolute Gasteiger partial charge is 0.412 e. The summed E-state index contributed by atoms with van der Waals surface area (Å²) in [6, 6.07) is 2.62. The van der Waals surface area contributed by atoms with E-state index in [0.717, 1.165) is 0 Å². The minimum Gasteiger partial charge on any atom is -0.444 e. The van der Waals surface area contributed by atoms with E-state index in [9.17, 15) is 9.59 Å². The number of rotatable bonds is 5. The number of carbonyl (C=O) groups excluding carboxylic acids is 2. The Hall–Kier alpha value is -4.75. The van der Waals surface area contributed by atoms with Gasteiger partial charge in [0.2, 0.25) is 0 Å². The Labute approximate surface area is 252 Å². The Balaban J connectivity index is 1.36. The quantitative estimate of drug-likeness (QED) is 0.267. The average Bonchev–Trinajstić information content (AvgIpc) is 3.21. The van der Waals surface area contributed by atoms with Crippen molar-refractivity contribution in [3.05, 3.63) is 36.2 Å². The highest BCUT2D eigenvalue weighted by molar-refractivity contribution is 6.15. The van der Waals surface area contributed by atoms with Crippen molar-refractivity contribution in [3.63, 3.8) is 0 Å². The molecule has 6 rings (SSSR count). The number of hydrogen-bond donors (Lipinski definition) is 3. The normalized spacial score (nSPS) is 19.5. The molecule has 0 bridgehead atoms. The van der Waals surface area contributed by atoms with E-state index in [2.05, 4.69) is 35.5 Å². The number of aromatic nitrogens is 5. The van der Waals surface area contributed by atoms with Crippen molar-refractivity contribution in [2.75, 3.05) is 23.3 Å². The molecule has 0 spiro atoms. The van der Waals surface area contributed by atoms with Gasteiger partial charge in [-0.2, -0.15) is 9.97 Å². The molecule has 1 saturated carbocycles. The van der Waals surface area contributed by atoms with Gasteiger partial charge in [-0.05, 0) is 60.6 Å². The minimum absolute atomic E-state index is 0.0103. The maximum Gasteiger partial charge on any atom is 0.412 e. The van der Waals surface area contributed by atoms with Gasteiger partial charge < -0.3 is 29.4 Å². The molecule has 1 aliphatic carbocycles. The van der Waals surface area contributed by atoms with Crippen LogP contribution in [0.3, 0.4) is 0 Å². The molecule has 14 heteroatoms. The molecule has 2 amide bonds. The highest BCUT2D eigenvalue weighted by atomic mass is 19.1. The van der Waals surface area contributed by atoms with Gasteiger partial charge >= 0.3 is 18.2 Å². The van der Waals surface area contributed by atoms with Crippen LogP contribution in [0, 0.1) is 24.6 Å². The van der Waals surface area contributed by atoms with E-state index in [4.69, 9.17) is 19.2 Å². The number of piperidine rings is 1. The third-order valence-electron chi connectivity index (χ3n) is 7.26. The second kappa shape index (κ2) is 10.5. The van der Waals surface area contributed by atoms with E-state index in [1.54, 1.807) is 27.7 Å². The summed E-state index contributed by atoms with van der Waals surface area (Å²) >= 11 is 0. The zero-order valence-corrected chi connectivity index (χ0v) is 25.6. The summed E-state index contributed by atoms with van der Waals surface area (Å²) in [5.74, 6) is 1.28. The molecule has 3 atom stereocenters. The number of nitrogens with one attached hydrogen (secondary N) is 3. The van der Waals surface area contributed by atoms with Crippen LogP contribution in [-0.2, 0) is 9.47 Å². The fourth-order valence-electron chi connectivity index (χ4n) is 5.51. The summed E-state index contributed by atoms with van der Waals surface area (Å²) in [5, 5.41) is 6.68. The predicted octanol–water partition coefficient (Wildman–Crippen LogP) is 5.45. The number of carbonyl (C=O) groups is 2. The summed E-state index contributed by atoms with van der Waals surface area (Å²) in [7, 11) is 0. The summed E-state index contributed by atoms with van der Waals surface area (Å²) < 4.78 is 31.8. The lowest BCUT2D eigenvalue weighted by Crippen LogP contribution is -2.38. The van der Waals surface area contributed by atoms with Crippen molar-refractivity contribution < 1.29 is 28.2 Å². The molecule has 2 fully saturated rings. The van der Waals surface area contributed by atoms with Crippen LogP contribution in [0.5, 0.6) is 11.8 Å². The van der Waals surface area contributed by atoms with Crippen LogP contribution in [0.15, 0.2) is 24.5 Å². The number of nitrogens with zero attached hydrogens (tertiary/aromatic N) is 5. The monoisotopic (exact) mass is 606 g/mol. The number of H-pyrrole nitrogens is 1. The summed E-state index contributed by atoms with van der Waals surface area (Å²) in [4.78, 5) is 47.9. The SMILES string of the molecule is Cc1ncc(Oc2nc(N3C[C@@H]4[C@H](C3)[C@H]4NC(=O)OC(C)(C)C)c3c(n2)[nH]c2c(NC(=O)OC(C)(C)C)cc(F)cc23)cn1. The molecule has 1 aliphatic heterocycles. The third kappa shape index (κ3) is 6.15. The fraction of sp³-hybridized carbons (Fsp3) is 0.467. The zero-order chi connectivity index (χ0) is 31.6. The molecule has 4 heterocycles. The average molecular weight is 607 g/mol. The maximum atomic E-state index is 15.0. The first-order chi connectivity index (χ1) is 20.6. The molecule has 1 aromatic carbocycles. The molecule has 4 aromatic rings. The Kier molecular flexibility index (Phi) is 6.97. The molecule has 1 saturated heterocycles. The maximum absolute atomic E-state index is 15.0. The van der Waals surface area contributed by atoms with Gasteiger partial charge in [-0.15, -0.1) is 0 Å². The van der Waals surface area contributed by atoms with E-state index in [1.807, 2.05) is 20.8 Å². The predicted molar refractivity (Wildman–Crippen MR) is 160 cm³/mol. The van der Waals surface area contributed by atoms with Gasteiger partial charge in [-0.25, -0.2) is 23.9 Å². The Morgan fingerprint density at radius 2 is 1.61 bits per heavy atom. The number of halogens is 1. The van der Waals surface area contributed by atoms with Crippen LogP contribution in [-0.4, -0.2) is 67.4 Å². The number of benzene rings is 1. The molecule has 0 unspecified atom stereocenters. The van der Waals surface area contributed by atoms with E-state index in [0.29, 0.717) is 52.4 Å². The molecule has 0 radical (unpaired) electrons. The molecule has 3 N–H and O–H groups in total. The molecule has 3 aromatic heterocycles.